The van der Waals surface area contributed by atoms with Crippen LogP contribution in [0.15, 0.2) is 49.1 Å². The third-order valence-corrected chi connectivity index (χ3v) is 2.47. The molecule has 78 valence electrons. The van der Waals surface area contributed by atoms with Crippen molar-refractivity contribution in [3.63, 3.8) is 0 Å². The third kappa shape index (κ3) is 2.25. The smallest absolute Gasteiger partial charge is 0.0952 e. The van der Waals surface area contributed by atoms with Gasteiger partial charge in [-0.05, 0) is 12.6 Å². The molecular formula is C12H15N3. The second-order valence-electron chi connectivity index (χ2n) is 3.49. The van der Waals surface area contributed by atoms with E-state index in [1.807, 2.05) is 31.8 Å². The lowest BCUT2D eigenvalue weighted by Gasteiger charge is -2.18. The van der Waals surface area contributed by atoms with Gasteiger partial charge < -0.3 is 9.88 Å². The molecule has 0 spiro atoms. The molecule has 3 heteroatoms. The summed E-state index contributed by atoms with van der Waals surface area (Å²) in [6, 6.07) is 10.8. The molecule has 0 saturated heterocycles. The molecule has 0 amide bonds. The van der Waals surface area contributed by atoms with Gasteiger partial charge in [0.05, 0.1) is 12.4 Å². The summed E-state index contributed by atoms with van der Waals surface area (Å²) in [5.74, 6) is 0. The van der Waals surface area contributed by atoms with E-state index >= 15 is 0 Å². The van der Waals surface area contributed by atoms with Gasteiger partial charge >= 0.3 is 0 Å². The summed E-state index contributed by atoms with van der Waals surface area (Å²) in [5, 5.41) is 3.21. The quantitative estimate of drug-likeness (QED) is 0.815. The number of hydrogen-bond donors (Lipinski definition) is 1. The molecule has 0 radical (unpaired) electrons. The van der Waals surface area contributed by atoms with Crippen LogP contribution in [0.4, 0.5) is 0 Å². The highest BCUT2D eigenvalue weighted by Crippen LogP contribution is 2.16. The van der Waals surface area contributed by atoms with Crippen LogP contribution in [0.25, 0.3) is 0 Å². The van der Waals surface area contributed by atoms with E-state index in [2.05, 4.69) is 39.1 Å². The molecule has 2 aromatic rings. The summed E-state index contributed by atoms with van der Waals surface area (Å²) in [6.07, 6.45) is 5.66. The lowest BCUT2D eigenvalue weighted by Crippen LogP contribution is -2.22. The molecule has 15 heavy (non-hydrogen) atoms. The Labute approximate surface area is 89.8 Å². The lowest BCUT2D eigenvalue weighted by atomic mass is 10.1. The minimum Gasteiger partial charge on any atom is -0.329 e. The maximum absolute atomic E-state index is 4.09. The summed E-state index contributed by atoms with van der Waals surface area (Å²) in [5.41, 5.74) is 1.30. The Kier molecular flexibility index (Phi) is 3.15. The number of likely N-dealkylation sites (N-methyl/N-ethyl adjacent to an activating group) is 1. The zero-order chi connectivity index (χ0) is 10.5. The van der Waals surface area contributed by atoms with Gasteiger partial charge in [-0.2, -0.15) is 0 Å². The van der Waals surface area contributed by atoms with Crippen LogP contribution < -0.4 is 5.32 Å². The van der Waals surface area contributed by atoms with Crippen LogP contribution in [0.3, 0.4) is 0 Å². The van der Waals surface area contributed by atoms with E-state index in [4.69, 9.17) is 0 Å². The Morgan fingerprint density at radius 3 is 2.73 bits per heavy atom. The van der Waals surface area contributed by atoms with Crippen molar-refractivity contribution >= 4 is 0 Å². The van der Waals surface area contributed by atoms with Crippen molar-refractivity contribution in [2.24, 2.45) is 0 Å². The van der Waals surface area contributed by atoms with Gasteiger partial charge in [-0.25, -0.2) is 4.98 Å². The number of nitrogens with zero attached hydrogens (tertiary/aromatic N) is 2. The zero-order valence-electron chi connectivity index (χ0n) is 8.80. The second-order valence-corrected chi connectivity index (χ2v) is 3.49. The average molecular weight is 201 g/mol. The molecule has 3 nitrogen and oxygen atoms in total. The molecule has 0 aliphatic rings. The van der Waals surface area contributed by atoms with Crippen LogP contribution in [0.2, 0.25) is 0 Å². The van der Waals surface area contributed by atoms with Crippen molar-refractivity contribution in [3.05, 3.63) is 54.6 Å². The van der Waals surface area contributed by atoms with Crippen molar-refractivity contribution in [1.82, 2.24) is 14.9 Å². The van der Waals surface area contributed by atoms with E-state index in [1.165, 1.54) is 5.56 Å². The fraction of sp³-hybridized carbons (Fsp3) is 0.250. The SMILES string of the molecule is CNCC(c1ccccc1)n1ccnc1. The Morgan fingerprint density at radius 1 is 1.33 bits per heavy atom. The highest BCUT2D eigenvalue weighted by molar-refractivity contribution is 5.20. The molecule has 1 atom stereocenters. The number of rotatable bonds is 4. The van der Waals surface area contributed by atoms with E-state index in [0.717, 1.165) is 6.54 Å². The molecule has 0 bridgehead atoms. The van der Waals surface area contributed by atoms with E-state index in [-0.39, 0.29) is 0 Å². The molecular weight excluding hydrogens is 186 g/mol. The van der Waals surface area contributed by atoms with Gasteiger partial charge in [0.15, 0.2) is 0 Å². The molecule has 0 saturated carbocycles. The third-order valence-electron chi connectivity index (χ3n) is 2.47. The van der Waals surface area contributed by atoms with Crippen LogP contribution in [0, 0.1) is 0 Å². The first kappa shape index (κ1) is 9.93. The Bertz CT molecular complexity index is 381. The van der Waals surface area contributed by atoms with E-state index in [0.29, 0.717) is 6.04 Å². The van der Waals surface area contributed by atoms with Crippen LogP contribution in [0.5, 0.6) is 0 Å². The first-order valence-corrected chi connectivity index (χ1v) is 5.09. The van der Waals surface area contributed by atoms with Crippen LogP contribution in [-0.2, 0) is 0 Å². The standard InChI is InChI=1S/C12H15N3/c1-13-9-12(15-8-7-14-10-15)11-5-3-2-4-6-11/h2-8,10,12-13H,9H2,1H3. The van der Waals surface area contributed by atoms with Gasteiger partial charge in [0, 0.05) is 18.9 Å². The summed E-state index contributed by atoms with van der Waals surface area (Å²) < 4.78 is 2.12. The van der Waals surface area contributed by atoms with Gasteiger partial charge in [-0.1, -0.05) is 30.3 Å². The van der Waals surface area contributed by atoms with E-state index < -0.39 is 0 Å². The zero-order valence-corrected chi connectivity index (χ0v) is 8.80. The Hall–Kier alpha value is -1.61. The molecule has 0 fully saturated rings. The molecule has 0 aliphatic heterocycles. The summed E-state index contributed by atoms with van der Waals surface area (Å²) in [6.45, 7) is 0.903. The number of hydrogen-bond acceptors (Lipinski definition) is 2. The van der Waals surface area contributed by atoms with Crippen molar-refractivity contribution in [2.45, 2.75) is 6.04 Å². The van der Waals surface area contributed by atoms with Crippen LogP contribution in [-0.4, -0.2) is 23.1 Å². The minimum atomic E-state index is 0.318. The van der Waals surface area contributed by atoms with Crippen molar-refractivity contribution in [1.29, 1.82) is 0 Å². The molecule has 1 unspecified atom stereocenters. The summed E-state index contributed by atoms with van der Waals surface area (Å²) >= 11 is 0. The lowest BCUT2D eigenvalue weighted by molar-refractivity contribution is 0.549. The molecule has 1 N–H and O–H groups in total. The van der Waals surface area contributed by atoms with Crippen molar-refractivity contribution in [3.8, 4) is 0 Å². The maximum atomic E-state index is 4.09. The number of nitrogens with one attached hydrogen (secondary N) is 1. The highest BCUT2D eigenvalue weighted by atomic mass is 15.1. The largest absolute Gasteiger partial charge is 0.329 e. The van der Waals surface area contributed by atoms with E-state index in [9.17, 15) is 0 Å². The summed E-state index contributed by atoms with van der Waals surface area (Å²) in [4.78, 5) is 4.09. The van der Waals surface area contributed by atoms with Gasteiger partial charge in [0.2, 0.25) is 0 Å². The Balaban J connectivity index is 2.28. The average Bonchev–Trinajstić information content (AvgIpc) is 2.80. The topological polar surface area (TPSA) is 29.9 Å². The van der Waals surface area contributed by atoms with E-state index in [1.54, 1.807) is 0 Å². The number of imidazole rings is 1. The molecule has 0 aliphatic carbocycles. The van der Waals surface area contributed by atoms with Gasteiger partial charge in [-0.3, -0.25) is 0 Å². The van der Waals surface area contributed by atoms with Gasteiger partial charge in [-0.15, -0.1) is 0 Å². The van der Waals surface area contributed by atoms with Gasteiger partial charge in [0.25, 0.3) is 0 Å². The monoisotopic (exact) mass is 201 g/mol. The number of benzene rings is 1. The normalized spacial score (nSPS) is 12.6. The predicted octanol–water partition coefficient (Wildman–Crippen LogP) is 1.69. The fourth-order valence-electron chi connectivity index (χ4n) is 1.72. The fourth-order valence-corrected chi connectivity index (χ4v) is 1.72. The first-order chi connectivity index (χ1) is 7.42. The summed E-state index contributed by atoms with van der Waals surface area (Å²) in [7, 11) is 1.97. The molecule has 1 aromatic carbocycles. The molecule has 1 aromatic heterocycles. The highest BCUT2D eigenvalue weighted by Gasteiger charge is 2.10. The maximum Gasteiger partial charge on any atom is 0.0952 e. The first-order valence-electron chi connectivity index (χ1n) is 5.09. The Morgan fingerprint density at radius 2 is 2.13 bits per heavy atom. The van der Waals surface area contributed by atoms with Crippen LogP contribution >= 0.6 is 0 Å². The molecule has 2 rings (SSSR count). The minimum absolute atomic E-state index is 0.318. The van der Waals surface area contributed by atoms with Crippen molar-refractivity contribution < 1.29 is 0 Å². The van der Waals surface area contributed by atoms with Crippen molar-refractivity contribution in [2.75, 3.05) is 13.6 Å². The second kappa shape index (κ2) is 4.75. The molecule has 1 heterocycles. The van der Waals surface area contributed by atoms with Gasteiger partial charge in [0.1, 0.15) is 0 Å². The predicted molar refractivity (Wildman–Crippen MR) is 60.7 cm³/mol. The van der Waals surface area contributed by atoms with Crippen LogP contribution in [0.1, 0.15) is 11.6 Å². The number of aromatic nitrogens is 2.